The van der Waals surface area contributed by atoms with Gasteiger partial charge in [-0.1, -0.05) is 12.1 Å². The van der Waals surface area contributed by atoms with Crippen LogP contribution >= 0.6 is 0 Å². The zero-order valence-electron chi connectivity index (χ0n) is 15.6. The molecule has 0 aliphatic rings. The van der Waals surface area contributed by atoms with E-state index >= 15 is 0 Å². The summed E-state index contributed by atoms with van der Waals surface area (Å²) in [5.41, 5.74) is 8.15. The predicted octanol–water partition coefficient (Wildman–Crippen LogP) is 1.88. The van der Waals surface area contributed by atoms with Crippen LogP contribution in [0.25, 0.3) is 0 Å². The topological polar surface area (TPSA) is 102 Å². The Morgan fingerprint density at radius 1 is 1.07 bits per heavy atom. The monoisotopic (exact) mass is 369 g/mol. The molecule has 0 saturated heterocycles. The highest BCUT2D eigenvalue weighted by Gasteiger charge is 2.16. The third-order valence-corrected chi connectivity index (χ3v) is 3.88. The Hall–Kier alpha value is -3.35. The van der Waals surface area contributed by atoms with Gasteiger partial charge in [-0.3, -0.25) is 14.4 Å². The van der Waals surface area contributed by atoms with E-state index in [1.165, 1.54) is 4.90 Å². The summed E-state index contributed by atoms with van der Waals surface area (Å²) in [5.74, 6) is -0.723. The molecule has 3 amide bonds. The highest BCUT2D eigenvalue weighted by Crippen LogP contribution is 2.17. The van der Waals surface area contributed by atoms with E-state index in [0.29, 0.717) is 11.3 Å². The lowest BCUT2D eigenvalue weighted by Gasteiger charge is -2.18. The summed E-state index contributed by atoms with van der Waals surface area (Å²) in [6, 6.07) is 12.1. The molecule has 2 rings (SSSR count). The second-order valence-electron chi connectivity index (χ2n) is 6.31. The lowest BCUT2D eigenvalue weighted by Crippen LogP contribution is -2.35. The number of nitrogens with zero attached hydrogens (tertiary/aromatic N) is 1. The molecular formula is C20H23N3O4. The Morgan fingerprint density at radius 3 is 2.37 bits per heavy atom. The number of benzene rings is 2. The molecule has 0 bridgehead atoms. The molecule has 0 fully saturated rings. The van der Waals surface area contributed by atoms with Gasteiger partial charge in [-0.15, -0.1) is 0 Å². The molecule has 142 valence electrons. The second kappa shape index (κ2) is 8.84. The third kappa shape index (κ3) is 5.85. The first kappa shape index (κ1) is 20.0. The summed E-state index contributed by atoms with van der Waals surface area (Å²) < 4.78 is 5.15. The van der Waals surface area contributed by atoms with E-state index in [9.17, 15) is 14.4 Å². The predicted molar refractivity (Wildman–Crippen MR) is 103 cm³/mol. The first-order chi connectivity index (χ1) is 12.8. The van der Waals surface area contributed by atoms with Crippen LogP contribution in [-0.2, 0) is 9.59 Å². The van der Waals surface area contributed by atoms with Crippen LogP contribution in [0.2, 0.25) is 0 Å². The number of hydrogen-bond donors (Lipinski definition) is 2. The van der Waals surface area contributed by atoms with E-state index in [0.717, 1.165) is 16.8 Å². The second-order valence-corrected chi connectivity index (χ2v) is 6.31. The van der Waals surface area contributed by atoms with Gasteiger partial charge in [0.05, 0.1) is 6.54 Å². The quantitative estimate of drug-likeness (QED) is 0.778. The number of rotatable bonds is 7. The van der Waals surface area contributed by atoms with E-state index in [2.05, 4.69) is 5.32 Å². The molecule has 0 saturated carbocycles. The Bertz CT molecular complexity index is 847. The average molecular weight is 369 g/mol. The zero-order chi connectivity index (χ0) is 20.0. The number of ether oxygens (including phenoxy) is 1. The number of nitrogens with one attached hydrogen (secondary N) is 1. The van der Waals surface area contributed by atoms with Crippen LogP contribution in [0.15, 0.2) is 42.5 Å². The van der Waals surface area contributed by atoms with Crippen LogP contribution in [0.3, 0.4) is 0 Å². The smallest absolute Gasteiger partial charge is 0.255 e. The summed E-state index contributed by atoms with van der Waals surface area (Å²) in [6.07, 6.45) is 0. The van der Waals surface area contributed by atoms with Crippen LogP contribution in [0.5, 0.6) is 5.75 Å². The zero-order valence-corrected chi connectivity index (χ0v) is 15.6. The minimum atomic E-state index is -0.579. The van der Waals surface area contributed by atoms with E-state index in [1.807, 2.05) is 32.0 Å². The van der Waals surface area contributed by atoms with E-state index in [4.69, 9.17) is 10.5 Å². The number of anilines is 1. The van der Waals surface area contributed by atoms with Gasteiger partial charge in [0.2, 0.25) is 5.91 Å². The molecule has 0 heterocycles. The number of amides is 3. The lowest BCUT2D eigenvalue weighted by atomic mass is 10.1. The van der Waals surface area contributed by atoms with Gasteiger partial charge in [0.1, 0.15) is 5.75 Å². The molecule has 0 aliphatic heterocycles. The maximum absolute atomic E-state index is 12.5. The van der Waals surface area contributed by atoms with Crippen molar-refractivity contribution in [3.63, 3.8) is 0 Å². The van der Waals surface area contributed by atoms with Gasteiger partial charge in [-0.05, 0) is 55.3 Å². The van der Waals surface area contributed by atoms with Gasteiger partial charge in [0.25, 0.3) is 11.8 Å². The van der Waals surface area contributed by atoms with Gasteiger partial charge in [0.15, 0.2) is 6.61 Å². The summed E-state index contributed by atoms with van der Waals surface area (Å²) in [7, 11) is 1.56. The molecule has 0 spiro atoms. The molecule has 0 atom stereocenters. The molecule has 0 aliphatic carbocycles. The van der Waals surface area contributed by atoms with Gasteiger partial charge in [0, 0.05) is 18.3 Å². The molecule has 0 aromatic heterocycles. The van der Waals surface area contributed by atoms with Crippen LogP contribution in [0.1, 0.15) is 21.5 Å². The number of carbonyl (C=O) groups is 3. The van der Waals surface area contributed by atoms with Crippen LogP contribution in [0.4, 0.5) is 5.69 Å². The van der Waals surface area contributed by atoms with Gasteiger partial charge >= 0.3 is 0 Å². The number of aryl methyl sites for hydroxylation is 2. The van der Waals surface area contributed by atoms with Crippen LogP contribution in [-0.4, -0.2) is 42.8 Å². The van der Waals surface area contributed by atoms with Gasteiger partial charge in [-0.25, -0.2) is 0 Å². The number of primary amides is 1. The van der Waals surface area contributed by atoms with E-state index < -0.39 is 5.91 Å². The van der Waals surface area contributed by atoms with Crippen molar-refractivity contribution in [1.82, 2.24) is 4.90 Å². The SMILES string of the molecule is Cc1ccc(C)c(NC(=O)CN(C)C(=O)c2ccc(OCC(N)=O)cc2)c1. The van der Waals surface area contributed by atoms with E-state index in [1.54, 1.807) is 31.3 Å². The van der Waals surface area contributed by atoms with Crippen molar-refractivity contribution in [3.05, 3.63) is 59.2 Å². The molecule has 27 heavy (non-hydrogen) atoms. The fourth-order valence-electron chi connectivity index (χ4n) is 2.42. The van der Waals surface area contributed by atoms with Crippen molar-refractivity contribution in [3.8, 4) is 5.75 Å². The van der Waals surface area contributed by atoms with Crippen molar-refractivity contribution in [1.29, 1.82) is 0 Å². The molecule has 7 heteroatoms. The summed E-state index contributed by atoms with van der Waals surface area (Å²) >= 11 is 0. The average Bonchev–Trinajstić information content (AvgIpc) is 2.62. The van der Waals surface area contributed by atoms with Gasteiger partial charge < -0.3 is 20.7 Å². The number of nitrogens with two attached hydrogens (primary N) is 1. The standard InChI is InChI=1S/C20H23N3O4/c1-13-4-5-14(2)17(10-13)22-19(25)11-23(3)20(26)15-6-8-16(9-7-15)27-12-18(21)24/h4-10H,11-12H2,1-3H3,(H2,21,24)(H,22,25). The maximum Gasteiger partial charge on any atom is 0.255 e. The molecule has 0 radical (unpaired) electrons. The summed E-state index contributed by atoms with van der Waals surface area (Å²) in [5, 5.41) is 2.83. The Morgan fingerprint density at radius 2 is 1.74 bits per heavy atom. The Balaban J connectivity index is 1.95. The molecule has 2 aromatic rings. The minimum Gasteiger partial charge on any atom is -0.484 e. The third-order valence-electron chi connectivity index (χ3n) is 3.88. The molecule has 7 nitrogen and oxygen atoms in total. The molecule has 0 unspecified atom stereocenters. The first-order valence-corrected chi connectivity index (χ1v) is 8.40. The first-order valence-electron chi connectivity index (χ1n) is 8.40. The van der Waals surface area contributed by atoms with Crippen molar-refractivity contribution in [2.24, 2.45) is 5.73 Å². The number of likely N-dealkylation sites (N-methyl/N-ethyl adjacent to an activating group) is 1. The number of carbonyl (C=O) groups excluding carboxylic acids is 3. The highest BCUT2D eigenvalue weighted by atomic mass is 16.5. The summed E-state index contributed by atoms with van der Waals surface area (Å²) in [6.45, 7) is 3.55. The maximum atomic E-state index is 12.5. The van der Waals surface area contributed by atoms with Crippen molar-refractivity contribution in [2.75, 3.05) is 25.5 Å². The lowest BCUT2D eigenvalue weighted by molar-refractivity contribution is -0.120. The van der Waals surface area contributed by atoms with Gasteiger partial charge in [-0.2, -0.15) is 0 Å². The minimum absolute atomic E-state index is 0.0772. The molecule has 3 N–H and O–H groups in total. The van der Waals surface area contributed by atoms with Crippen LogP contribution in [0, 0.1) is 13.8 Å². The van der Waals surface area contributed by atoms with E-state index in [-0.39, 0.29) is 25.0 Å². The fourth-order valence-corrected chi connectivity index (χ4v) is 2.42. The molecular weight excluding hydrogens is 346 g/mol. The molecule has 2 aromatic carbocycles. The largest absolute Gasteiger partial charge is 0.484 e. The van der Waals surface area contributed by atoms with Crippen LogP contribution < -0.4 is 15.8 Å². The normalized spacial score (nSPS) is 10.2. The van der Waals surface area contributed by atoms with Crippen molar-refractivity contribution >= 4 is 23.4 Å². The highest BCUT2D eigenvalue weighted by molar-refractivity contribution is 5.99. The Labute approximate surface area is 158 Å². The fraction of sp³-hybridized carbons (Fsp3) is 0.250. The van der Waals surface area contributed by atoms with Crippen molar-refractivity contribution < 1.29 is 19.1 Å². The number of hydrogen-bond acceptors (Lipinski definition) is 4. The summed E-state index contributed by atoms with van der Waals surface area (Å²) in [4.78, 5) is 36.8. The van der Waals surface area contributed by atoms with Crippen molar-refractivity contribution in [2.45, 2.75) is 13.8 Å². The Kier molecular flexibility index (Phi) is 6.54.